The Morgan fingerprint density at radius 2 is 1.83 bits per heavy atom. The van der Waals surface area contributed by atoms with Crippen LogP contribution >= 0.6 is 0 Å². The molecule has 0 saturated heterocycles. The summed E-state index contributed by atoms with van der Waals surface area (Å²) in [5.41, 5.74) is 0. The fraction of sp³-hybridized carbons (Fsp3) is 0. The van der Waals surface area contributed by atoms with Gasteiger partial charge in [-0.3, -0.25) is 0 Å². The van der Waals surface area contributed by atoms with Crippen molar-refractivity contribution in [1.82, 2.24) is 10.3 Å². The fourth-order valence-electron chi connectivity index (χ4n) is 0.186. The molecular formula is C2H2N2O2. The summed E-state index contributed by atoms with van der Waals surface area (Å²) in [7, 11) is 0. The Morgan fingerprint density at radius 1 is 1.33 bits per heavy atom. The lowest BCUT2D eigenvalue weighted by molar-refractivity contribution is -0.742. The van der Waals surface area contributed by atoms with E-state index in [1.165, 1.54) is 12.4 Å². The molecule has 32 valence electrons. The molecule has 4 nitrogen and oxygen atoms in total. The molecule has 0 radical (unpaired) electrons. The van der Waals surface area contributed by atoms with E-state index < -0.39 is 0 Å². The molecule has 0 aliphatic carbocycles. The molecule has 0 atom stereocenters. The smallest absolute Gasteiger partial charge is 0.150 e. The zero-order chi connectivity index (χ0) is 4.41. The highest BCUT2D eigenvalue weighted by atomic mass is 17.2. The first-order chi connectivity index (χ1) is 2.89. The van der Waals surface area contributed by atoms with Crippen molar-refractivity contribution >= 4 is 0 Å². The van der Waals surface area contributed by atoms with Gasteiger partial charge < -0.3 is 5.26 Å². The van der Waals surface area contributed by atoms with Crippen LogP contribution in [0.3, 0.4) is 0 Å². The molecule has 1 aromatic heterocycles. The molecule has 4 heteroatoms. The van der Waals surface area contributed by atoms with E-state index in [1.807, 2.05) is 0 Å². The van der Waals surface area contributed by atoms with Gasteiger partial charge in [-0.05, 0) is 0 Å². The Morgan fingerprint density at radius 3 is 2.00 bits per heavy atom. The van der Waals surface area contributed by atoms with E-state index in [2.05, 4.69) is 10.3 Å². The maximum atomic E-state index is 9.68. The molecule has 1 aromatic rings. The topological polar surface area (TPSA) is 51.5 Å². The monoisotopic (exact) mass is 86.0 g/mol. The van der Waals surface area contributed by atoms with Gasteiger partial charge in [0.1, 0.15) is 22.7 Å². The Hall–Kier alpha value is -1.06. The van der Waals surface area contributed by atoms with Gasteiger partial charge in [0.15, 0.2) is 0 Å². The molecule has 6 heavy (non-hydrogen) atoms. The number of rotatable bonds is 0. The summed E-state index contributed by atoms with van der Waals surface area (Å²) in [6.45, 7) is 0. The number of hydrogen-bond donors (Lipinski definition) is 0. The molecule has 0 N–H and O–H groups in total. The third-order valence-electron chi connectivity index (χ3n) is 0.369. The molecule has 0 amide bonds. The first-order valence-corrected chi connectivity index (χ1v) is 1.38. The van der Waals surface area contributed by atoms with E-state index in [9.17, 15) is 5.26 Å². The number of aromatic nitrogens is 2. The van der Waals surface area contributed by atoms with E-state index in [-0.39, 0.29) is 0 Å². The minimum Gasteiger partial charge on any atom is -0.487 e. The Kier molecular flexibility index (Phi) is 0.506. The first kappa shape index (κ1) is 3.14. The summed E-state index contributed by atoms with van der Waals surface area (Å²) in [5, 5.41) is 15.8. The first-order valence-electron chi connectivity index (χ1n) is 1.38. The SMILES string of the molecule is [O-][o+]1nccn1. The van der Waals surface area contributed by atoms with Gasteiger partial charge in [-0.15, -0.1) is 0 Å². The normalized spacial score (nSPS) is 8.67. The van der Waals surface area contributed by atoms with Crippen molar-refractivity contribution < 1.29 is 9.67 Å². The lowest BCUT2D eigenvalue weighted by Gasteiger charge is -1.79. The number of nitrogens with zero attached hydrogens (tertiary/aromatic N) is 2. The highest BCUT2D eigenvalue weighted by Gasteiger charge is 1.78. The molecule has 1 rings (SSSR count). The summed E-state index contributed by atoms with van der Waals surface area (Å²) in [6, 6.07) is 0. The molecule has 0 spiro atoms. The molecule has 0 bridgehead atoms. The lowest BCUT2D eigenvalue weighted by atomic mass is 11.0. The largest absolute Gasteiger partial charge is 0.487 e. The van der Waals surface area contributed by atoms with Crippen LogP contribution in [-0.2, 0) is 0 Å². The highest BCUT2D eigenvalue weighted by molar-refractivity contribution is 4.52. The fourth-order valence-corrected chi connectivity index (χ4v) is 0.186. The van der Waals surface area contributed by atoms with Gasteiger partial charge in [0.05, 0.1) is 0 Å². The van der Waals surface area contributed by atoms with Crippen LogP contribution < -0.4 is 5.26 Å². The average Bonchev–Trinajstić information content (AvgIpc) is 1.86. The van der Waals surface area contributed by atoms with Crippen molar-refractivity contribution in [1.29, 1.82) is 0 Å². The molecule has 0 unspecified atom stereocenters. The van der Waals surface area contributed by atoms with E-state index in [4.69, 9.17) is 0 Å². The van der Waals surface area contributed by atoms with Crippen molar-refractivity contribution in [2.75, 3.05) is 0 Å². The van der Waals surface area contributed by atoms with Gasteiger partial charge in [0.2, 0.25) is 0 Å². The maximum Gasteiger partial charge on any atom is 0.150 e. The highest BCUT2D eigenvalue weighted by Crippen LogP contribution is 1.70. The Balaban J connectivity index is 3.05. The van der Waals surface area contributed by atoms with Crippen molar-refractivity contribution in [2.24, 2.45) is 0 Å². The predicted octanol–water partition coefficient (Wildman–Crippen LogP) is -1.12. The van der Waals surface area contributed by atoms with Crippen LogP contribution in [0.2, 0.25) is 0 Å². The van der Waals surface area contributed by atoms with Crippen molar-refractivity contribution in [3.05, 3.63) is 12.4 Å². The summed E-state index contributed by atoms with van der Waals surface area (Å²) in [6.07, 6.45) is 2.58. The van der Waals surface area contributed by atoms with E-state index in [1.54, 1.807) is 0 Å². The van der Waals surface area contributed by atoms with Crippen LogP contribution in [0, 0.1) is 0 Å². The van der Waals surface area contributed by atoms with Gasteiger partial charge in [-0.1, -0.05) is 0 Å². The second-order valence-electron chi connectivity index (χ2n) is 0.740. The van der Waals surface area contributed by atoms with Gasteiger partial charge >= 0.3 is 0 Å². The molecule has 0 saturated carbocycles. The second kappa shape index (κ2) is 0.965. The Labute approximate surface area is 33.6 Å². The van der Waals surface area contributed by atoms with E-state index in [0.29, 0.717) is 0 Å². The van der Waals surface area contributed by atoms with Gasteiger partial charge in [-0.2, -0.15) is 0 Å². The summed E-state index contributed by atoms with van der Waals surface area (Å²) in [4.78, 5) is 0. The quantitative estimate of drug-likeness (QED) is 0.297. The zero-order valence-corrected chi connectivity index (χ0v) is 2.87. The Bertz CT molecular complexity index is 113. The van der Waals surface area contributed by atoms with Crippen LogP contribution in [0.15, 0.2) is 16.8 Å². The molecule has 0 fully saturated rings. The van der Waals surface area contributed by atoms with Crippen LogP contribution in [0.25, 0.3) is 0 Å². The van der Waals surface area contributed by atoms with Crippen LogP contribution in [-0.4, -0.2) is 10.3 Å². The van der Waals surface area contributed by atoms with Crippen LogP contribution in [0.5, 0.6) is 0 Å². The number of hydrogen-bond acceptors (Lipinski definition) is 3. The van der Waals surface area contributed by atoms with Crippen molar-refractivity contribution in [3.8, 4) is 0 Å². The summed E-state index contributed by atoms with van der Waals surface area (Å²) >= 11 is 0. The van der Waals surface area contributed by atoms with Crippen LogP contribution in [0.1, 0.15) is 0 Å². The van der Waals surface area contributed by atoms with Crippen LogP contribution in [0.4, 0.5) is 0 Å². The summed E-state index contributed by atoms with van der Waals surface area (Å²) in [5.74, 6) is 0. The second-order valence-corrected chi connectivity index (χ2v) is 0.740. The third-order valence-corrected chi connectivity index (χ3v) is 0.369. The van der Waals surface area contributed by atoms with E-state index >= 15 is 0 Å². The molecule has 0 aliphatic heterocycles. The molecular weight excluding hydrogens is 84.0 g/mol. The van der Waals surface area contributed by atoms with E-state index in [0.717, 1.165) is 4.41 Å². The molecule has 0 aromatic carbocycles. The molecule has 0 aliphatic rings. The zero-order valence-electron chi connectivity index (χ0n) is 2.87. The third kappa shape index (κ3) is 0.314. The van der Waals surface area contributed by atoms with Gasteiger partial charge in [0.25, 0.3) is 0 Å². The van der Waals surface area contributed by atoms with Crippen molar-refractivity contribution in [3.63, 3.8) is 0 Å². The lowest BCUT2D eigenvalue weighted by Crippen LogP contribution is -2.00. The standard InChI is InChI=1S/C2H2N2O2/c5-6-3-1-2-4-6/h1-2H. The molecule has 1 heterocycles. The minimum atomic E-state index is 0.907. The van der Waals surface area contributed by atoms with Gasteiger partial charge in [-0.25, -0.2) is 4.41 Å². The minimum absolute atomic E-state index is 0.907. The maximum absolute atomic E-state index is 9.68. The average molecular weight is 86.1 g/mol. The van der Waals surface area contributed by atoms with Gasteiger partial charge in [0, 0.05) is 0 Å². The van der Waals surface area contributed by atoms with Crippen molar-refractivity contribution in [2.45, 2.75) is 0 Å². The summed E-state index contributed by atoms with van der Waals surface area (Å²) < 4.78 is 0.907. The predicted molar refractivity (Wildman–Crippen MR) is 14.3 cm³/mol.